The van der Waals surface area contributed by atoms with Gasteiger partial charge in [-0.05, 0) is 37.2 Å². The van der Waals surface area contributed by atoms with E-state index in [-0.39, 0.29) is 0 Å². The van der Waals surface area contributed by atoms with Crippen molar-refractivity contribution in [1.29, 1.82) is 0 Å². The Balaban J connectivity index is 2.06. The van der Waals surface area contributed by atoms with Gasteiger partial charge in [0.25, 0.3) is 0 Å². The summed E-state index contributed by atoms with van der Waals surface area (Å²) in [5.41, 5.74) is 4.46. The summed E-state index contributed by atoms with van der Waals surface area (Å²) in [6.07, 6.45) is 1.85. The summed E-state index contributed by atoms with van der Waals surface area (Å²) < 4.78 is 11.2. The lowest BCUT2D eigenvalue weighted by atomic mass is 10.00. The lowest BCUT2D eigenvalue weighted by molar-refractivity contribution is 0.171. The predicted octanol–water partition coefficient (Wildman–Crippen LogP) is 1.88. The monoisotopic (exact) mass is 259 g/mol. The molecule has 1 aliphatic rings. The van der Waals surface area contributed by atoms with Crippen molar-refractivity contribution < 1.29 is 9.47 Å². The molecule has 100 valence electrons. The average molecular weight is 259 g/mol. The van der Waals surface area contributed by atoms with E-state index in [0.29, 0.717) is 13.2 Å². The highest BCUT2D eigenvalue weighted by Gasteiger charge is 2.17. The number of ether oxygens (including phenoxy) is 2. The van der Waals surface area contributed by atoms with Crippen molar-refractivity contribution >= 4 is 0 Å². The van der Waals surface area contributed by atoms with Crippen LogP contribution in [0.3, 0.4) is 0 Å². The van der Waals surface area contributed by atoms with Crippen LogP contribution in [-0.4, -0.2) is 30.5 Å². The minimum Gasteiger partial charge on any atom is -0.486 e. The Morgan fingerprint density at radius 1 is 1.21 bits per heavy atom. The van der Waals surface area contributed by atoms with Crippen LogP contribution in [0.15, 0.2) is 18.3 Å². The highest BCUT2D eigenvalue weighted by atomic mass is 16.6. The van der Waals surface area contributed by atoms with Gasteiger partial charge in [-0.2, -0.15) is 5.10 Å². The molecule has 19 heavy (non-hydrogen) atoms. The van der Waals surface area contributed by atoms with E-state index in [4.69, 9.17) is 9.47 Å². The first kappa shape index (κ1) is 12.0. The van der Waals surface area contributed by atoms with Gasteiger partial charge in [0.2, 0.25) is 0 Å². The van der Waals surface area contributed by atoms with Gasteiger partial charge in [0.05, 0.1) is 11.9 Å². The van der Waals surface area contributed by atoms with Crippen LogP contribution in [0.4, 0.5) is 0 Å². The standard InChI is InChI=1S/C14H17N3O2/c1-9-5-13-14(19-4-3-18-13)6-10(9)11-7-16-17-12(11)8-15-2/h5-7,15H,3-4,8H2,1-2H3,(H,16,17). The molecule has 0 aliphatic carbocycles. The van der Waals surface area contributed by atoms with Crippen molar-refractivity contribution in [2.24, 2.45) is 0 Å². The van der Waals surface area contributed by atoms with Crippen LogP contribution in [0.5, 0.6) is 11.5 Å². The van der Waals surface area contributed by atoms with Gasteiger partial charge in [-0.25, -0.2) is 0 Å². The Morgan fingerprint density at radius 3 is 2.68 bits per heavy atom. The molecule has 0 saturated heterocycles. The van der Waals surface area contributed by atoms with E-state index in [1.165, 1.54) is 0 Å². The molecule has 0 unspecified atom stereocenters. The highest BCUT2D eigenvalue weighted by molar-refractivity contribution is 5.72. The predicted molar refractivity (Wildman–Crippen MR) is 72.5 cm³/mol. The lowest BCUT2D eigenvalue weighted by Gasteiger charge is -2.20. The second-order valence-corrected chi connectivity index (χ2v) is 4.60. The number of benzene rings is 1. The quantitative estimate of drug-likeness (QED) is 0.883. The van der Waals surface area contributed by atoms with Crippen molar-refractivity contribution in [2.75, 3.05) is 20.3 Å². The van der Waals surface area contributed by atoms with Crippen molar-refractivity contribution in [3.05, 3.63) is 29.6 Å². The van der Waals surface area contributed by atoms with E-state index in [2.05, 4.69) is 22.4 Å². The van der Waals surface area contributed by atoms with Gasteiger partial charge in [-0.1, -0.05) is 0 Å². The Bertz CT molecular complexity index is 592. The Hall–Kier alpha value is -2.01. The summed E-state index contributed by atoms with van der Waals surface area (Å²) in [5.74, 6) is 1.63. The number of rotatable bonds is 3. The van der Waals surface area contributed by atoms with Crippen LogP contribution >= 0.6 is 0 Å². The Kier molecular flexibility index (Phi) is 3.13. The van der Waals surface area contributed by atoms with Gasteiger partial charge in [0.15, 0.2) is 11.5 Å². The van der Waals surface area contributed by atoms with E-state index in [1.54, 1.807) is 0 Å². The molecular weight excluding hydrogens is 242 g/mol. The summed E-state index contributed by atoms with van der Waals surface area (Å²) >= 11 is 0. The maximum absolute atomic E-state index is 5.65. The summed E-state index contributed by atoms with van der Waals surface area (Å²) in [7, 11) is 1.92. The van der Waals surface area contributed by atoms with E-state index < -0.39 is 0 Å². The molecule has 0 amide bonds. The second kappa shape index (κ2) is 4.93. The molecule has 5 nitrogen and oxygen atoms in total. The van der Waals surface area contributed by atoms with Crippen molar-refractivity contribution in [3.8, 4) is 22.6 Å². The fourth-order valence-electron chi connectivity index (χ4n) is 2.34. The van der Waals surface area contributed by atoms with Gasteiger partial charge in [0, 0.05) is 12.1 Å². The van der Waals surface area contributed by atoms with E-state index >= 15 is 0 Å². The fourth-order valence-corrected chi connectivity index (χ4v) is 2.34. The third-order valence-corrected chi connectivity index (χ3v) is 3.25. The summed E-state index contributed by atoms with van der Waals surface area (Å²) in [5, 5.41) is 10.3. The molecule has 0 fully saturated rings. The smallest absolute Gasteiger partial charge is 0.161 e. The third-order valence-electron chi connectivity index (χ3n) is 3.25. The lowest BCUT2D eigenvalue weighted by Crippen LogP contribution is -2.15. The molecule has 1 aromatic carbocycles. The molecular formula is C14H17N3O2. The molecule has 0 atom stereocenters. The number of aromatic nitrogens is 2. The number of nitrogens with zero attached hydrogens (tertiary/aromatic N) is 1. The SMILES string of the molecule is CNCc1[nH]ncc1-c1cc2c(cc1C)OCCO2. The third kappa shape index (κ3) is 2.17. The average Bonchev–Trinajstić information content (AvgIpc) is 2.86. The summed E-state index contributed by atoms with van der Waals surface area (Å²) in [6, 6.07) is 4.06. The number of nitrogens with one attached hydrogen (secondary N) is 2. The number of aryl methyl sites for hydroxylation is 1. The normalized spacial score (nSPS) is 13.6. The number of hydrogen-bond acceptors (Lipinski definition) is 4. The largest absolute Gasteiger partial charge is 0.486 e. The fraction of sp³-hybridized carbons (Fsp3) is 0.357. The molecule has 0 radical (unpaired) electrons. The first-order valence-corrected chi connectivity index (χ1v) is 6.37. The first-order chi connectivity index (χ1) is 9.29. The molecule has 2 heterocycles. The molecule has 5 heteroatoms. The molecule has 0 bridgehead atoms. The van der Waals surface area contributed by atoms with Crippen LogP contribution in [-0.2, 0) is 6.54 Å². The molecule has 2 aromatic rings. The van der Waals surface area contributed by atoms with Crippen molar-refractivity contribution in [1.82, 2.24) is 15.5 Å². The van der Waals surface area contributed by atoms with Crippen LogP contribution in [0, 0.1) is 6.92 Å². The summed E-state index contributed by atoms with van der Waals surface area (Å²) in [6.45, 7) is 4.04. The van der Waals surface area contributed by atoms with Gasteiger partial charge in [-0.3, -0.25) is 5.10 Å². The summed E-state index contributed by atoms with van der Waals surface area (Å²) in [4.78, 5) is 0. The topological polar surface area (TPSA) is 59.2 Å². The van der Waals surface area contributed by atoms with E-state index in [9.17, 15) is 0 Å². The maximum Gasteiger partial charge on any atom is 0.161 e. The molecule has 2 N–H and O–H groups in total. The van der Waals surface area contributed by atoms with Gasteiger partial charge < -0.3 is 14.8 Å². The molecule has 3 rings (SSSR count). The maximum atomic E-state index is 5.65. The van der Waals surface area contributed by atoms with Crippen LogP contribution in [0.25, 0.3) is 11.1 Å². The second-order valence-electron chi connectivity index (χ2n) is 4.60. The zero-order chi connectivity index (χ0) is 13.2. The van der Waals surface area contributed by atoms with Gasteiger partial charge in [0.1, 0.15) is 13.2 Å². The molecule has 1 aliphatic heterocycles. The van der Waals surface area contributed by atoms with E-state index in [1.807, 2.05) is 25.4 Å². The molecule has 1 aromatic heterocycles. The minimum atomic E-state index is 0.601. The Morgan fingerprint density at radius 2 is 1.95 bits per heavy atom. The number of aromatic amines is 1. The van der Waals surface area contributed by atoms with Gasteiger partial charge >= 0.3 is 0 Å². The number of hydrogen-bond donors (Lipinski definition) is 2. The van der Waals surface area contributed by atoms with Crippen LogP contribution in [0.1, 0.15) is 11.3 Å². The van der Waals surface area contributed by atoms with E-state index in [0.717, 1.165) is 40.4 Å². The zero-order valence-corrected chi connectivity index (χ0v) is 11.1. The van der Waals surface area contributed by atoms with Crippen molar-refractivity contribution in [3.63, 3.8) is 0 Å². The van der Waals surface area contributed by atoms with Crippen LogP contribution < -0.4 is 14.8 Å². The van der Waals surface area contributed by atoms with Crippen molar-refractivity contribution in [2.45, 2.75) is 13.5 Å². The number of H-pyrrole nitrogens is 1. The highest BCUT2D eigenvalue weighted by Crippen LogP contribution is 2.37. The first-order valence-electron chi connectivity index (χ1n) is 6.37. The molecule has 0 saturated carbocycles. The zero-order valence-electron chi connectivity index (χ0n) is 11.1. The minimum absolute atomic E-state index is 0.601. The van der Waals surface area contributed by atoms with Crippen LogP contribution in [0.2, 0.25) is 0 Å². The number of fused-ring (bicyclic) bond motifs is 1. The van der Waals surface area contributed by atoms with Gasteiger partial charge in [-0.15, -0.1) is 0 Å². The molecule has 0 spiro atoms. The Labute approximate surface area is 111 Å².